The van der Waals surface area contributed by atoms with Crippen LogP contribution in [-0.2, 0) is 0 Å². The summed E-state index contributed by atoms with van der Waals surface area (Å²) in [6.07, 6.45) is 19.1. The van der Waals surface area contributed by atoms with Gasteiger partial charge in [0, 0.05) is 36.2 Å². The van der Waals surface area contributed by atoms with Gasteiger partial charge in [0.05, 0.1) is 0 Å². The van der Waals surface area contributed by atoms with E-state index in [1.54, 1.807) is 0 Å². The van der Waals surface area contributed by atoms with E-state index < -0.39 is 0 Å². The van der Waals surface area contributed by atoms with E-state index in [1.165, 1.54) is 22.5 Å². The van der Waals surface area contributed by atoms with Gasteiger partial charge in [0.1, 0.15) is 0 Å². The highest BCUT2D eigenvalue weighted by Gasteiger charge is 2.05. The molecule has 2 heterocycles. The second-order valence-electron chi connectivity index (χ2n) is 5.92. The van der Waals surface area contributed by atoms with Gasteiger partial charge in [-0.05, 0) is 48.2 Å². The van der Waals surface area contributed by atoms with Gasteiger partial charge in [-0.25, -0.2) is 0 Å². The number of benzene rings is 2. The van der Waals surface area contributed by atoms with Crippen LogP contribution in [0.1, 0.15) is 12.8 Å². The van der Waals surface area contributed by atoms with Crippen LogP contribution in [0, 0.1) is 0 Å². The zero-order valence-electron chi connectivity index (χ0n) is 13.5. The van der Waals surface area contributed by atoms with Crippen LogP contribution in [-0.4, -0.2) is 0 Å². The van der Waals surface area contributed by atoms with Crippen molar-refractivity contribution in [3.63, 3.8) is 0 Å². The Morgan fingerprint density at radius 1 is 0.458 bits per heavy atom. The minimum absolute atomic E-state index is 1.02. The molecule has 4 rings (SSSR count). The third kappa shape index (κ3) is 3.04. The monoisotopic (exact) mass is 312 g/mol. The fourth-order valence-electron chi connectivity index (χ4n) is 2.95. The maximum atomic E-state index is 2.18. The topological polar surface area (TPSA) is 6.48 Å². The molecule has 2 nitrogen and oxygen atoms in total. The lowest BCUT2D eigenvalue weighted by Crippen LogP contribution is -2.08. The summed E-state index contributed by atoms with van der Waals surface area (Å²) in [5.41, 5.74) is 4.84. The summed E-state index contributed by atoms with van der Waals surface area (Å²) in [4.78, 5) is 4.29. The van der Waals surface area contributed by atoms with Crippen molar-refractivity contribution >= 4 is 11.4 Å². The van der Waals surface area contributed by atoms with Crippen LogP contribution < -0.4 is 9.80 Å². The molecule has 0 fully saturated rings. The highest BCUT2D eigenvalue weighted by molar-refractivity contribution is 5.70. The predicted octanol–water partition coefficient (Wildman–Crippen LogP) is 5.83. The summed E-state index contributed by atoms with van der Waals surface area (Å²) in [6, 6.07) is 17.4. The fourth-order valence-corrected chi connectivity index (χ4v) is 2.95. The highest BCUT2D eigenvalue weighted by atomic mass is 15.1. The van der Waals surface area contributed by atoms with E-state index in [4.69, 9.17) is 0 Å². The summed E-state index contributed by atoms with van der Waals surface area (Å²) in [7, 11) is 0. The minimum Gasteiger partial charge on any atom is -0.324 e. The second-order valence-corrected chi connectivity index (χ2v) is 5.92. The van der Waals surface area contributed by atoms with Gasteiger partial charge in [-0.3, -0.25) is 0 Å². The highest BCUT2D eigenvalue weighted by Crippen LogP contribution is 2.27. The number of nitrogens with zero attached hydrogens (tertiary/aromatic N) is 2. The third-order valence-corrected chi connectivity index (χ3v) is 4.27. The first kappa shape index (κ1) is 14.6. The maximum Gasteiger partial charge on any atom is 0.0449 e. The largest absolute Gasteiger partial charge is 0.324 e. The van der Waals surface area contributed by atoms with Crippen LogP contribution in [0.15, 0.2) is 97.6 Å². The van der Waals surface area contributed by atoms with E-state index >= 15 is 0 Å². The first-order valence-corrected chi connectivity index (χ1v) is 8.34. The van der Waals surface area contributed by atoms with E-state index in [0.717, 1.165) is 12.8 Å². The molecule has 2 aliphatic rings. The molecule has 0 saturated carbocycles. The molecule has 2 heteroatoms. The fraction of sp³-hybridized carbons (Fsp3) is 0.0909. The summed E-state index contributed by atoms with van der Waals surface area (Å²) >= 11 is 0. The Morgan fingerprint density at radius 3 is 1.12 bits per heavy atom. The van der Waals surface area contributed by atoms with E-state index in [-0.39, 0.29) is 0 Å². The Kier molecular flexibility index (Phi) is 4.03. The van der Waals surface area contributed by atoms with Gasteiger partial charge in [0.25, 0.3) is 0 Å². The molecule has 0 saturated heterocycles. The molecule has 0 bridgehead atoms. The molecule has 0 amide bonds. The standard InChI is InChI=1S/C22H20N2/c1-3-15-23(16-4-1)21-11-7-19(8-12-21)20-9-13-22(14-10-20)24-17-5-2-6-18-24/h3-18H,1-2H2. The van der Waals surface area contributed by atoms with Crippen molar-refractivity contribution in [1.29, 1.82) is 0 Å². The molecule has 0 aliphatic carbocycles. The Bertz CT molecular complexity index is 713. The van der Waals surface area contributed by atoms with Crippen LogP contribution in [0.2, 0.25) is 0 Å². The van der Waals surface area contributed by atoms with Crippen LogP contribution in [0.3, 0.4) is 0 Å². The number of hydrogen-bond donors (Lipinski definition) is 0. The van der Waals surface area contributed by atoms with Gasteiger partial charge >= 0.3 is 0 Å². The van der Waals surface area contributed by atoms with Crippen LogP contribution in [0.5, 0.6) is 0 Å². The molecule has 2 aliphatic heterocycles. The van der Waals surface area contributed by atoms with E-state index in [9.17, 15) is 0 Å². The molecule has 0 radical (unpaired) electrons. The van der Waals surface area contributed by atoms with Crippen LogP contribution in [0.4, 0.5) is 11.4 Å². The van der Waals surface area contributed by atoms with Crippen molar-refractivity contribution in [2.24, 2.45) is 0 Å². The van der Waals surface area contributed by atoms with Crippen molar-refractivity contribution in [2.75, 3.05) is 9.80 Å². The SMILES string of the molecule is C1=CN(c2ccc(-c3ccc(N4C=CCC=C4)cc3)cc2)C=CC1. The summed E-state index contributed by atoms with van der Waals surface area (Å²) in [5, 5.41) is 0. The lowest BCUT2D eigenvalue weighted by Gasteiger charge is -2.19. The number of allylic oxidation sites excluding steroid dienone is 4. The zero-order valence-corrected chi connectivity index (χ0v) is 13.5. The molecular formula is C22H20N2. The molecule has 0 N–H and O–H groups in total. The van der Waals surface area contributed by atoms with E-state index in [1.807, 2.05) is 0 Å². The third-order valence-electron chi connectivity index (χ3n) is 4.27. The maximum absolute atomic E-state index is 2.18. The molecule has 24 heavy (non-hydrogen) atoms. The van der Waals surface area contributed by atoms with Gasteiger partial charge in [-0.1, -0.05) is 48.6 Å². The van der Waals surface area contributed by atoms with Gasteiger partial charge in [0.15, 0.2) is 0 Å². The average molecular weight is 312 g/mol. The van der Waals surface area contributed by atoms with Crippen molar-refractivity contribution < 1.29 is 0 Å². The van der Waals surface area contributed by atoms with E-state index in [0.29, 0.717) is 0 Å². The summed E-state index contributed by atoms with van der Waals surface area (Å²) < 4.78 is 0. The molecule has 2 aromatic carbocycles. The zero-order chi connectivity index (χ0) is 16.2. The quantitative estimate of drug-likeness (QED) is 0.703. The van der Waals surface area contributed by atoms with Gasteiger partial charge in [-0.2, -0.15) is 0 Å². The molecule has 0 aromatic heterocycles. The smallest absolute Gasteiger partial charge is 0.0449 e. The predicted molar refractivity (Wildman–Crippen MR) is 103 cm³/mol. The van der Waals surface area contributed by atoms with E-state index in [2.05, 4.69) is 107 Å². The first-order chi connectivity index (χ1) is 11.9. The Labute approximate surface area is 143 Å². The van der Waals surface area contributed by atoms with Crippen molar-refractivity contribution in [2.45, 2.75) is 12.8 Å². The van der Waals surface area contributed by atoms with Crippen molar-refractivity contribution in [3.05, 3.63) is 97.6 Å². The van der Waals surface area contributed by atoms with Crippen molar-refractivity contribution in [3.8, 4) is 11.1 Å². The number of anilines is 2. The van der Waals surface area contributed by atoms with Gasteiger partial charge in [0.2, 0.25) is 0 Å². The Morgan fingerprint density at radius 2 is 0.792 bits per heavy atom. The molecule has 0 atom stereocenters. The molecular weight excluding hydrogens is 292 g/mol. The first-order valence-electron chi connectivity index (χ1n) is 8.34. The lowest BCUT2D eigenvalue weighted by molar-refractivity contribution is 1.18. The Balaban J connectivity index is 1.53. The lowest BCUT2D eigenvalue weighted by atomic mass is 10.0. The molecule has 0 spiro atoms. The second kappa shape index (κ2) is 6.63. The Hall–Kier alpha value is -3.00. The van der Waals surface area contributed by atoms with Crippen LogP contribution >= 0.6 is 0 Å². The number of hydrogen-bond acceptors (Lipinski definition) is 2. The van der Waals surface area contributed by atoms with Gasteiger partial charge < -0.3 is 9.80 Å². The van der Waals surface area contributed by atoms with Crippen molar-refractivity contribution in [1.82, 2.24) is 0 Å². The average Bonchev–Trinajstić information content (AvgIpc) is 2.70. The summed E-state index contributed by atoms with van der Waals surface area (Å²) in [6.45, 7) is 0. The minimum atomic E-state index is 1.02. The molecule has 2 aromatic rings. The van der Waals surface area contributed by atoms with Gasteiger partial charge in [-0.15, -0.1) is 0 Å². The van der Waals surface area contributed by atoms with Crippen LogP contribution in [0.25, 0.3) is 11.1 Å². The normalized spacial score (nSPS) is 16.0. The summed E-state index contributed by atoms with van der Waals surface area (Å²) in [5.74, 6) is 0. The molecule has 0 unspecified atom stereocenters. The number of rotatable bonds is 3. The molecule has 118 valence electrons.